The first kappa shape index (κ1) is 37.3. The summed E-state index contributed by atoms with van der Waals surface area (Å²) < 4.78 is 130. The minimum Gasteiger partial charge on any atom is -0.505 e. The Morgan fingerprint density at radius 2 is 1.00 bits per heavy atom. The van der Waals surface area contributed by atoms with Crippen molar-refractivity contribution >= 4 is 0 Å². The van der Waals surface area contributed by atoms with E-state index < -0.39 is 46.6 Å². The summed E-state index contributed by atoms with van der Waals surface area (Å²) in [7, 11) is 0. The van der Waals surface area contributed by atoms with E-state index in [9.17, 15) is 40.2 Å². The van der Waals surface area contributed by atoms with E-state index in [2.05, 4.69) is 0 Å². The maximum Gasteiger partial charge on any atom is 0.248 e. The van der Waals surface area contributed by atoms with Gasteiger partial charge in [-0.25, -0.2) is 26.3 Å². The molecule has 0 saturated carbocycles. The zero-order valence-corrected chi connectivity index (χ0v) is 26.7. The molecule has 0 bridgehead atoms. The van der Waals surface area contributed by atoms with E-state index in [1.807, 2.05) is 0 Å². The Hall–Kier alpha value is -4.48. The zero-order chi connectivity index (χ0) is 35.6. The van der Waals surface area contributed by atoms with Crippen LogP contribution < -0.4 is 14.2 Å². The van der Waals surface area contributed by atoms with Crippen molar-refractivity contribution in [1.82, 2.24) is 0 Å². The molecule has 0 aliphatic heterocycles. The third-order valence-electron chi connectivity index (χ3n) is 7.78. The van der Waals surface area contributed by atoms with Crippen molar-refractivity contribution < 1.29 is 54.4 Å². The topological polar surface area (TPSA) is 47.9 Å². The average Bonchev–Trinajstić information content (AvgIpc) is 3.06. The Kier molecular flexibility index (Phi) is 13.2. The van der Waals surface area contributed by atoms with Crippen LogP contribution in [-0.4, -0.2) is 30.8 Å². The Balaban J connectivity index is 1.10. The van der Waals surface area contributed by atoms with Crippen LogP contribution in [0.1, 0.15) is 58.3 Å². The minimum atomic E-state index is -2.85. The SMILES string of the molecule is CCOc1ccc(-c2ccc(OCCCCCC(F)(F)CCCCCOc3ccc(-c4ccc(O)c(F)c4F)c(F)c3)cc2F)c(F)c1F. The number of phenols is 1. The van der Waals surface area contributed by atoms with E-state index in [4.69, 9.17) is 14.2 Å². The maximum atomic E-state index is 14.7. The zero-order valence-electron chi connectivity index (χ0n) is 26.7. The Bertz CT molecular complexity index is 1710. The van der Waals surface area contributed by atoms with Crippen LogP contribution in [0.15, 0.2) is 60.7 Å². The fourth-order valence-corrected chi connectivity index (χ4v) is 5.19. The molecule has 1 N–H and O–H groups in total. The summed E-state index contributed by atoms with van der Waals surface area (Å²) in [6.07, 6.45) is 1.74. The van der Waals surface area contributed by atoms with E-state index >= 15 is 0 Å². The summed E-state index contributed by atoms with van der Waals surface area (Å²) in [5.74, 6) is -10.6. The predicted molar refractivity (Wildman–Crippen MR) is 169 cm³/mol. The molecule has 264 valence electrons. The van der Waals surface area contributed by atoms with E-state index in [1.165, 1.54) is 36.4 Å². The highest BCUT2D eigenvalue weighted by atomic mass is 19.3. The van der Waals surface area contributed by atoms with Crippen molar-refractivity contribution in [3.05, 3.63) is 95.6 Å². The maximum absolute atomic E-state index is 14.7. The molecule has 4 nitrogen and oxygen atoms in total. The summed E-state index contributed by atoms with van der Waals surface area (Å²) in [4.78, 5) is 0. The number of aromatic hydroxyl groups is 1. The summed E-state index contributed by atoms with van der Waals surface area (Å²) in [5.41, 5.74) is -0.968. The van der Waals surface area contributed by atoms with Gasteiger partial charge in [-0.2, -0.15) is 8.78 Å². The van der Waals surface area contributed by atoms with Gasteiger partial charge in [-0.1, -0.05) is 0 Å². The molecule has 0 fully saturated rings. The lowest BCUT2D eigenvalue weighted by molar-refractivity contribution is -0.0209. The average molecular weight is 697 g/mol. The van der Waals surface area contributed by atoms with Gasteiger partial charge < -0.3 is 19.3 Å². The summed E-state index contributed by atoms with van der Waals surface area (Å²) in [6, 6.07) is 11.8. The van der Waals surface area contributed by atoms with Crippen LogP contribution in [0.25, 0.3) is 22.3 Å². The van der Waals surface area contributed by atoms with Crippen molar-refractivity contribution in [2.45, 2.75) is 64.2 Å². The molecular formula is C37H36F8O4. The number of rotatable bonds is 18. The van der Waals surface area contributed by atoms with E-state index in [1.54, 1.807) is 6.92 Å². The van der Waals surface area contributed by atoms with Crippen LogP contribution in [0, 0.1) is 34.9 Å². The molecule has 0 aliphatic rings. The summed E-state index contributed by atoms with van der Waals surface area (Å²) >= 11 is 0. The highest BCUT2D eigenvalue weighted by Crippen LogP contribution is 2.34. The van der Waals surface area contributed by atoms with Crippen LogP contribution in [0.5, 0.6) is 23.0 Å². The van der Waals surface area contributed by atoms with Crippen LogP contribution >= 0.6 is 0 Å². The number of benzene rings is 4. The highest BCUT2D eigenvalue weighted by Gasteiger charge is 2.27. The van der Waals surface area contributed by atoms with Gasteiger partial charge in [0.2, 0.25) is 17.6 Å². The molecule has 4 rings (SSSR count). The number of hydrogen-bond donors (Lipinski definition) is 1. The van der Waals surface area contributed by atoms with Gasteiger partial charge in [0, 0.05) is 47.2 Å². The molecule has 4 aromatic carbocycles. The van der Waals surface area contributed by atoms with Gasteiger partial charge >= 0.3 is 0 Å². The number of halogens is 8. The van der Waals surface area contributed by atoms with Crippen LogP contribution in [0.2, 0.25) is 0 Å². The lowest BCUT2D eigenvalue weighted by atomic mass is 10.0. The van der Waals surface area contributed by atoms with Crippen molar-refractivity contribution in [3.8, 4) is 45.3 Å². The number of phenolic OH excluding ortho intramolecular Hbond substituents is 1. The normalized spacial score (nSPS) is 11.5. The van der Waals surface area contributed by atoms with Gasteiger partial charge in [-0.3, -0.25) is 0 Å². The van der Waals surface area contributed by atoms with Crippen molar-refractivity contribution in [2.24, 2.45) is 0 Å². The van der Waals surface area contributed by atoms with Gasteiger partial charge in [0.1, 0.15) is 23.1 Å². The first-order valence-corrected chi connectivity index (χ1v) is 15.9. The fourth-order valence-electron chi connectivity index (χ4n) is 5.19. The number of alkyl halides is 2. The third kappa shape index (κ3) is 10.0. The minimum absolute atomic E-state index is 0.143. The largest absolute Gasteiger partial charge is 0.505 e. The molecule has 0 aliphatic carbocycles. The molecule has 4 aromatic rings. The highest BCUT2D eigenvalue weighted by molar-refractivity contribution is 5.67. The van der Waals surface area contributed by atoms with Crippen molar-refractivity contribution in [1.29, 1.82) is 0 Å². The second-order valence-corrected chi connectivity index (χ2v) is 11.4. The van der Waals surface area contributed by atoms with Crippen LogP contribution in [0.4, 0.5) is 35.1 Å². The Morgan fingerprint density at radius 1 is 0.531 bits per heavy atom. The lowest BCUT2D eigenvalue weighted by Crippen LogP contribution is -2.15. The quantitative estimate of drug-likeness (QED) is 0.0831. The van der Waals surface area contributed by atoms with E-state index in [0.717, 1.165) is 24.3 Å². The summed E-state index contributed by atoms with van der Waals surface area (Å²) in [6.45, 7) is 2.08. The molecule has 0 amide bonds. The Labute approximate surface area is 279 Å². The molecule has 0 spiro atoms. The third-order valence-corrected chi connectivity index (χ3v) is 7.78. The number of ether oxygens (including phenoxy) is 3. The first-order valence-electron chi connectivity index (χ1n) is 15.9. The van der Waals surface area contributed by atoms with Gasteiger partial charge in [0.05, 0.1) is 19.8 Å². The second-order valence-electron chi connectivity index (χ2n) is 11.4. The van der Waals surface area contributed by atoms with Gasteiger partial charge in [-0.15, -0.1) is 0 Å². The first-order chi connectivity index (χ1) is 23.4. The molecule has 0 unspecified atom stereocenters. The summed E-state index contributed by atoms with van der Waals surface area (Å²) in [5, 5.41) is 9.25. The van der Waals surface area contributed by atoms with Crippen LogP contribution in [-0.2, 0) is 0 Å². The molecule has 0 radical (unpaired) electrons. The molecule has 0 aromatic heterocycles. The van der Waals surface area contributed by atoms with E-state index in [0.29, 0.717) is 25.7 Å². The molecular weight excluding hydrogens is 660 g/mol. The number of unbranched alkanes of at least 4 members (excludes halogenated alkanes) is 4. The predicted octanol–water partition coefficient (Wildman–Crippen LogP) is 11.2. The molecule has 12 heteroatoms. The Morgan fingerprint density at radius 3 is 1.49 bits per heavy atom. The van der Waals surface area contributed by atoms with Gasteiger partial charge in [-0.05, 0) is 94.0 Å². The van der Waals surface area contributed by atoms with Crippen molar-refractivity contribution in [3.63, 3.8) is 0 Å². The van der Waals surface area contributed by atoms with E-state index in [-0.39, 0.29) is 85.0 Å². The lowest BCUT2D eigenvalue weighted by Gasteiger charge is -2.16. The fraction of sp³-hybridized carbons (Fsp3) is 0.351. The smallest absolute Gasteiger partial charge is 0.248 e. The monoisotopic (exact) mass is 696 g/mol. The molecule has 49 heavy (non-hydrogen) atoms. The molecule has 0 heterocycles. The number of hydrogen-bond acceptors (Lipinski definition) is 4. The molecule has 0 atom stereocenters. The standard InChI is InChI=1S/C37H36F8O4/c1-2-47-32-16-14-28(34(41)36(32)43)26-12-10-24(22-30(26)39)49-20-8-4-6-18-37(44,45)17-5-3-7-19-48-23-9-11-25(29(38)21-23)27-13-15-31(46)35(42)33(27)40/h9-16,21-22,46H,2-8,17-20H2,1H3. The van der Waals surface area contributed by atoms with Gasteiger partial charge in [0.25, 0.3) is 0 Å². The molecule has 0 saturated heterocycles. The van der Waals surface area contributed by atoms with Gasteiger partial charge in [0.15, 0.2) is 23.1 Å². The van der Waals surface area contributed by atoms with Crippen LogP contribution in [0.3, 0.4) is 0 Å². The second kappa shape index (κ2) is 17.3. The van der Waals surface area contributed by atoms with Crippen molar-refractivity contribution in [2.75, 3.05) is 19.8 Å².